The van der Waals surface area contributed by atoms with Crippen LogP contribution in [0.1, 0.15) is 22.3 Å². The van der Waals surface area contributed by atoms with Gasteiger partial charge in [0.05, 0.1) is 11.1 Å². The predicted octanol–water partition coefficient (Wildman–Crippen LogP) is 13.7. The highest BCUT2D eigenvalue weighted by atomic mass is 16.6. The minimum atomic E-state index is -0.456. The van der Waals surface area contributed by atoms with Gasteiger partial charge in [-0.25, -0.2) is 0 Å². The second kappa shape index (κ2) is 11.0. The first kappa shape index (κ1) is 29.5. The third-order valence-electron chi connectivity index (χ3n) is 11.7. The molecule has 12 rings (SSSR count). The third-order valence-corrected chi connectivity index (χ3v) is 11.7. The van der Waals surface area contributed by atoms with Crippen molar-refractivity contribution in [1.29, 1.82) is 0 Å². The molecule has 0 aromatic heterocycles. The fourth-order valence-corrected chi connectivity index (χ4v) is 9.41. The van der Waals surface area contributed by atoms with Gasteiger partial charge in [0.15, 0.2) is 23.0 Å². The van der Waals surface area contributed by atoms with E-state index in [1.807, 2.05) is 6.07 Å². The van der Waals surface area contributed by atoms with Gasteiger partial charge >= 0.3 is 0 Å². The van der Waals surface area contributed by atoms with Crippen molar-refractivity contribution in [2.75, 3.05) is 4.90 Å². The molecule has 0 saturated carbocycles. The lowest BCUT2D eigenvalue weighted by molar-refractivity contribution is 0.360. The molecule has 0 N–H and O–H groups in total. The van der Waals surface area contributed by atoms with Gasteiger partial charge in [0.25, 0.3) is 0 Å². The molecule has 0 atom stereocenters. The Balaban J connectivity index is 1.05. The van der Waals surface area contributed by atoms with Crippen molar-refractivity contribution in [2.24, 2.45) is 0 Å². The average Bonchev–Trinajstić information content (AvgIpc) is 3.69. The first-order valence-corrected chi connectivity index (χ1v) is 18.5. The topological polar surface area (TPSA) is 21.7 Å². The second-order valence-corrected chi connectivity index (χ2v) is 14.4. The van der Waals surface area contributed by atoms with Gasteiger partial charge in [-0.05, 0) is 115 Å². The van der Waals surface area contributed by atoms with Crippen LogP contribution in [0.5, 0.6) is 23.0 Å². The Morgan fingerprint density at radius 3 is 1.43 bits per heavy atom. The lowest BCUT2D eigenvalue weighted by Crippen LogP contribution is -2.25. The van der Waals surface area contributed by atoms with Crippen LogP contribution in [0, 0.1) is 0 Å². The molecule has 3 aliphatic rings. The molecule has 9 aromatic carbocycles. The van der Waals surface area contributed by atoms with Gasteiger partial charge in [0.2, 0.25) is 0 Å². The number of anilines is 3. The van der Waals surface area contributed by atoms with E-state index in [1.54, 1.807) is 0 Å². The van der Waals surface area contributed by atoms with Crippen molar-refractivity contribution in [3.8, 4) is 45.3 Å². The van der Waals surface area contributed by atoms with Crippen LogP contribution >= 0.6 is 0 Å². The summed E-state index contributed by atoms with van der Waals surface area (Å²) in [4.78, 5) is 2.29. The Labute approximate surface area is 312 Å². The van der Waals surface area contributed by atoms with Crippen LogP contribution in [0.4, 0.5) is 17.1 Å². The molecule has 54 heavy (non-hydrogen) atoms. The molecule has 1 spiro atoms. The molecule has 0 fully saturated rings. The van der Waals surface area contributed by atoms with Crippen molar-refractivity contribution in [3.05, 3.63) is 210 Å². The normalized spacial score (nSPS) is 13.6. The number of nitrogens with zero attached hydrogens (tertiary/aromatic N) is 1. The molecule has 3 nitrogen and oxygen atoms in total. The Morgan fingerprint density at radius 1 is 0.333 bits per heavy atom. The highest BCUT2D eigenvalue weighted by Gasteiger charge is 2.52. The highest BCUT2D eigenvalue weighted by Crippen LogP contribution is 2.65. The summed E-state index contributed by atoms with van der Waals surface area (Å²) in [5.74, 6) is 2.79. The van der Waals surface area contributed by atoms with Gasteiger partial charge < -0.3 is 14.4 Å². The number of rotatable bonds is 3. The van der Waals surface area contributed by atoms with Crippen LogP contribution in [0.3, 0.4) is 0 Å². The molecule has 0 amide bonds. The smallest absolute Gasteiger partial charge is 0.194 e. The van der Waals surface area contributed by atoms with Crippen LogP contribution in [0.2, 0.25) is 0 Å². The van der Waals surface area contributed by atoms with Gasteiger partial charge in [-0.3, -0.25) is 0 Å². The number of hydrogen-bond donors (Lipinski definition) is 0. The standard InChI is InChI=1S/C51H31NO2/c1-3-14-34-28-36(26-24-32(34)12-1)52(37-27-25-33-13-2-4-15-35(33)29-37)46-22-11-23-47-50(46)54-48-30-41-40-18-7-10-21-44(40)51(45(41)31-49(48)53-47)42-19-8-5-16-38(42)39-17-6-9-20-43(39)51/h1-31H. The third kappa shape index (κ3) is 3.96. The quantitative estimate of drug-likeness (QED) is 0.184. The SMILES string of the molecule is c1ccc2c(c1)-c1ccccc1C21c2ccccc2-c2cc3c(cc21)Oc1cccc(N(c2ccc4ccccc4c2)c2ccc4ccccc4c2)c1O3. The Bertz CT molecular complexity index is 2910. The Kier molecular flexibility index (Phi) is 5.98. The van der Waals surface area contributed by atoms with E-state index in [9.17, 15) is 0 Å². The van der Waals surface area contributed by atoms with Crippen molar-refractivity contribution in [1.82, 2.24) is 0 Å². The zero-order valence-electron chi connectivity index (χ0n) is 29.2. The van der Waals surface area contributed by atoms with Crippen LogP contribution in [0.15, 0.2) is 188 Å². The van der Waals surface area contributed by atoms with Gasteiger partial charge in [0, 0.05) is 11.4 Å². The van der Waals surface area contributed by atoms with Crippen molar-refractivity contribution in [2.45, 2.75) is 5.41 Å². The summed E-state index contributed by atoms with van der Waals surface area (Å²) in [6, 6.07) is 67.5. The lowest BCUT2D eigenvalue weighted by atomic mass is 9.70. The molecule has 2 aliphatic carbocycles. The molecule has 0 bridgehead atoms. The van der Waals surface area contributed by atoms with Crippen molar-refractivity contribution >= 4 is 38.6 Å². The maximum Gasteiger partial charge on any atom is 0.194 e. The first-order chi connectivity index (χ1) is 26.8. The zero-order chi connectivity index (χ0) is 35.4. The van der Waals surface area contributed by atoms with E-state index in [0.717, 1.165) is 22.8 Å². The number of hydrogen-bond acceptors (Lipinski definition) is 3. The molecule has 1 aliphatic heterocycles. The maximum absolute atomic E-state index is 7.07. The molecule has 9 aromatic rings. The summed E-state index contributed by atoms with van der Waals surface area (Å²) in [6.45, 7) is 0. The predicted molar refractivity (Wildman–Crippen MR) is 219 cm³/mol. The molecule has 0 unspecified atom stereocenters. The minimum Gasteiger partial charge on any atom is -0.449 e. The van der Waals surface area contributed by atoms with E-state index in [0.29, 0.717) is 17.2 Å². The summed E-state index contributed by atoms with van der Waals surface area (Å²) < 4.78 is 14.0. The summed E-state index contributed by atoms with van der Waals surface area (Å²) in [5, 5.41) is 4.74. The molecular formula is C51H31NO2. The number of benzene rings is 9. The molecule has 0 saturated heterocycles. The van der Waals surface area contributed by atoms with Crippen molar-refractivity contribution in [3.63, 3.8) is 0 Å². The Hall–Kier alpha value is -7.10. The monoisotopic (exact) mass is 689 g/mol. The van der Waals surface area contributed by atoms with Gasteiger partial charge in [-0.2, -0.15) is 0 Å². The summed E-state index contributed by atoms with van der Waals surface area (Å²) in [5.41, 5.74) is 12.6. The van der Waals surface area contributed by atoms with Crippen molar-refractivity contribution < 1.29 is 9.47 Å². The number of ether oxygens (including phenoxy) is 2. The van der Waals surface area contributed by atoms with Gasteiger partial charge in [-0.1, -0.05) is 140 Å². The summed E-state index contributed by atoms with van der Waals surface area (Å²) in [6.07, 6.45) is 0. The van der Waals surface area contributed by atoms with Crippen LogP contribution in [-0.4, -0.2) is 0 Å². The van der Waals surface area contributed by atoms with E-state index in [2.05, 4.69) is 187 Å². The highest BCUT2D eigenvalue weighted by molar-refractivity contribution is 5.97. The average molecular weight is 690 g/mol. The fraction of sp³-hybridized carbons (Fsp3) is 0.0196. The lowest BCUT2D eigenvalue weighted by Gasteiger charge is -2.32. The second-order valence-electron chi connectivity index (χ2n) is 14.4. The molecule has 252 valence electrons. The van der Waals surface area contributed by atoms with Crippen LogP contribution < -0.4 is 14.4 Å². The zero-order valence-corrected chi connectivity index (χ0v) is 29.2. The van der Waals surface area contributed by atoms with E-state index in [-0.39, 0.29) is 0 Å². The fourth-order valence-electron chi connectivity index (χ4n) is 9.41. The molecule has 1 heterocycles. The summed E-state index contributed by atoms with van der Waals surface area (Å²) in [7, 11) is 0. The Morgan fingerprint density at radius 2 is 0.833 bits per heavy atom. The largest absolute Gasteiger partial charge is 0.449 e. The van der Waals surface area contributed by atoms with Crippen LogP contribution in [-0.2, 0) is 5.41 Å². The van der Waals surface area contributed by atoms with E-state index < -0.39 is 5.41 Å². The first-order valence-electron chi connectivity index (χ1n) is 18.5. The molecular weight excluding hydrogens is 659 g/mol. The summed E-state index contributed by atoms with van der Waals surface area (Å²) >= 11 is 0. The maximum atomic E-state index is 7.07. The van der Waals surface area contributed by atoms with Crippen LogP contribution in [0.25, 0.3) is 43.8 Å². The number of fused-ring (bicyclic) bond motifs is 14. The van der Waals surface area contributed by atoms with Gasteiger partial charge in [-0.15, -0.1) is 0 Å². The molecule has 0 radical (unpaired) electrons. The van der Waals surface area contributed by atoms with E-state index >= 15 is 0 Å². The molecule has 3 heteroatoms. The number of para-hydroxylation sites is 1. The van der Waals surface area contributed by atoms with Gasteiger partial charge in [0.1, 0.15) is 0 Å². The minimum absolute atomic E-state index is 0.456. The van der Waals surface area contributed by atoms with E-state index in [4.69, 9.17) is 9.47 Å². The van der Waals surface area contributed by atoms with E-state index in [1.165, 1.54) is 66.1 Å².